The first-order valence-corrected chi connectivity index (χ1v) is 11.4. The van der Waals surface area contributed by atoms with Gasteiger partial charge in [0, 0.05) is 17.1 Å². The summed E-state index contributed by atoms with van der Waals surface area (Å²) in [6.07, 6.45) is 3.43. The molecule has 5 rings (SSSR count). The van der Waals surface area contributed by atoms with Crippen LogP contribution in [0.25, 0.3) is 16.6 Å². The maximum atomic E-state index is 15.1. The van der Waals surface area contributed by atoms with E-state index in [1.165, 1.54) is 24.5 Å². The van der Waals surface area contributed by atoms with Crippen LogP contribution in [0.5, 0.6) is 5.75 Å². The summed E-state index contributed by atoms with van der Waals surface area (Å²) >= 11 is 6.22. The summed E-state index contributed by atoms with van der Waals surface area (Å²) in [6.45, 7) is 1.67. The Balaban J connectivity index is 1.31. The summed E-state index contributed by atoms with van der Waals surface area (Å²) in [7, 11) is 0. The molecule has 0 radical (unpaired) electrons. The van der Waals surface area contributed by atoms with Gasteiger partial charge in [0.05, 0.1) is 29.0 Å². The third-order valence-electron chi connectivity index (χ3n) is 6.11. The molecule has 2 heterocycles. The summed E-state index contributed by atoms with van der Waals surface area (Å²) < 4.78 is 16.7. The SMILES string of the molecule is C[C@@H](NC(=O)C1(NC(=O)c2cncc(O)c2)CC1)c1ccc(-n2nc(Cl)c3ccccc32)cc1F. The fourth-order valence-electron chi connectivity index (χ4n) is 4.01. The molecule has 1 aliphatic carbocycles. The van der Waals surface area contributed by atoms with Crippen molar-refractivity contribution in [1.29, 1.82) is 0 Å². The van der Waals surface area contributed by atoms with E-state index in [0.717, 1.165) is 10.9 Å². The van der Waals surface area contributed by atoms with Crippen molar-refractivity contribution in [3.05, 3.63) is 83.0 Å². The fraction of sp³-hybridized carbons (Fsp3) is 0.200. The second-order valence-electron chi connectivity index (χ2n) is 8.59. The van der Waals surface area contributed by atoms with Crippen molar-refractivity contribution >= 4 is 34.3 Å². The Hall–Kier alpha value is -3.98. The summed E-state index contributed by atoms with van der Waals surface area (Å²) in [5.74, 6) is -1.58. The number of pyridine rings is 1. The zero-order valence-electron chi connectivity index (χ0n) is 18.6. The quantitative estimate of drug-likeness (QED) is 0.375. The number of carbonyl (C=O) groups is 2. The maximum Gasteiger partial charge on any atom is 0.253 e. The molecule has 0 spiro atoms. The third kappa shape index (κ3) is 4.30. The van der Waals surface area contributed by atoms with Crippen molar-refractivity contribution in [2.24, 2.45) is 0 Å². The molecule has 1 atom stereocenters. The van der Waals surface area contributed by atoms with E-state index >= 15 is 4.39 Å². The monoisotopic (exact) mass is 493 g/mol. The zero-order valence-corrected chi connectivity index (χ0v) is 19.4. The number of benzene rings is 2. The number of nitrogens with zero attached hydrogens (tertiary/aromatic N) is 3. The number of rotatable bonds is 6. The Kier molecular flexibility index (Phi) is 5.64. The van der Waals surface area contributed by atoms with E-state index in [1.807, 2.05) is 24.3 Å². The van der Waals surface area contributed by atoms with Crippen LogP contribution < -0.4 is 10.6 Å². The van der Waals surface area contributed by atoms with Gasteiger partial charge in [-0.1, -0.05) is 29.8 Å². The Bertz CT molecular complexity index is 1470. The topological polar surface area (TPSA) is 109 Å². The Morgan fingerprint density at radius 2 is 1.94 bits per heavy atom. The molecule has 8 nitrogen and oxygen atoms in total. The zero-order chi connectivity index (χ0) is 24.7. The minimum atomic E-state index is -1.07. The van der Waals surface area contributed by atoms with Crippen LogP contribution in [0, 0.1) is 5.82 Å². The van der Waals surface area contributed by atoms with Crippen LogP contribution in [0.15, 0.2) is 60.9 Å². The van der Waals surface area contributed by atoms with Crippen molar-refractivity contribution in [2.45, 2.75) is 31.3 Å². The molecule has 3 N–H and O–H groups in total. The van der Waals surface area contributed by atoms with Gasteiger partial charge in [-0.25, -0.2) is 9.07 Å². The lowest BCUT2D eigenvalue weighted by Crippen LogP contribution is -2.49. The average Bonchev–Trinajstić information content (AvgIpc) is 3.55. The number of nitrogens with one attached hydrogen (secondary N) is 2. The van der Waals surface area contributed by atoms with E-state index in [1.54, 1.807) is 23.7 Å². The molecule has 0 unspecified atom stereocenters. The maximum absolute atomic E-state index is 15.1. The first-order valence-electron chi connectivity index (χ1n) is 11.0. The summed E-state index contributed by atoms with van der Waals surface area (Å²) in [5.41, 5.74) is 0.615. The standard InChI is InChI=1S/C25H21ClFN5O3/c1-14(29-24(35)25(8-9-25)30-23(34)15-10-17(33)13-28-12-15)18-7-6-16(11-20(18)27)32-21-5-3-2-4-19(21)22(26)31-32/h2-7,10-14,33H,8-9H2,1H3,(H,29,35)(H,30,34)/t14-/m1/s1. The lowest BCUT2D eigenvalue weighted by molar-refractivity contribution is -0.124. The number of amides is 2. The van der Waals surface area contributed by atoms with Crippen molar-refractivity contribution in [3.63, 3.8) is 0 Å². The number of aromatic hydroxyl groups is 1. The fourth-order valence-corrected chi connectivity index (χ4v) is 4.25. The third-order valence-corrected chi connectivity index (χ3v) is 6.39. The Morgan fingerprint density at radius 3 is 2.66 bits per heavy atom. The van der Waals surface area contributed by atoms with Crippen molar-refractivity contribution in [3.8, 4) is 11.4 Å². The van der Waals surface area contributed by atoms with E-state index in [0.29, 0.717) is 29.2 Å². The van der Waals surface area contributed by atoms with E-state index in [4.69, 9.17) is 11.6 Å². The highest BCUT2D eigenvalue weighted by molar-refractivity contribution is 6.34. The van der Waals surface area contributed by atoms with Crippen molar-refractivity contribution in [2.75, 3.05) is 0 Å². The summed E-state index contributed by atoms with van der Waals surface area (Å²) in [4.78, 5) is 29.2. The number of hydrogen-bond acceptors (Lipinski definition) is 5. The summed E-state index contributed by atoms with van der Waals surface area (Å²) in [6, 6.07) is 12.7. The molecule has 1 fully saturated rings. The molecule has 1 aliphatic rings. The molecule has 0 aliphatic heterocycles. The number of carbonyl (C=O) groups excluding carboxylic acids is 2. The van der Waals surface area contributed by atoms with Crippen LogP contribution in [-0.4, -0.2) is 37.2 Å². The van der Waals surface area contributed by atoms with Gasteiger partial charge >= 0.3 is 0 Å². The van der Waals surface area contributed by atoms with E-state index in [2.05, 4.69) is 20.7 Å². The number of aromatic nitrogens is 3. The van der Waals surface area contributed by atoms with Gasteiger partial charge in [0.2, 0.25) is 5.91 Å². The Morgan fingerprint density at radius 1 is 1.17 bits per heavy atom. The van der Waals surface area contributed by atoms with Crippen LogP contribution >= 0.6 is 11.6 Å². The molecular weight excluding hydrogens is 473 g/mol. The summed E-state index contributed by atoms with van der Waals surface area (Å²) in [5, 5.41) is 20.4. The number of para-hydroxylation sites is 1. The molecule has 4 aromatic rings. The van der Waals surface area contributed by atoms with Crippen LogP contribution in [0.1, 0.15) is 41.7 Å². The first-order chi connectivity index (χ1) is 16.8. The van der Waals surface area contributed by atoms with Crippen LogP contribution in [-0.2, 0) is 4.79 Å². The van der Waals surface area contributed by atoms with Crippen LogP contribution in [0.4, 0.5) is 4.39 Å². The van der Waals surface area contributed by atoms with Crippen LogP contribution in [0.3, 0.4) is 0 Å². The number of halogens is 2. The molecule has 0 bridgehead atoms. The molecule has 0 saturated heterocycles. The first kappa shape index (κ1) is 22.8. The minimum Gasteiger partial charge on any atom is -0.506 e. The van der Waals surface area contributed by atoms with Gasteiger partial charge in [-0.3, -0.25) is 14.6 Å². The highest BCUT2D eigenvalue weighted by Crippen LogP contribution is 2.37. The molecule has 2 aromatic heterocycles. The molecule has 1 saturated carbocycles. The van der Waals surface area contributed by atoms with Crippen molar-refractivity contribution < 1.29 is 19.1 Å². The van der Waals surface area contributed by atoms with Gasteiger partial charge in [0.15, 0.2) is 5.15 Å². The number of fused-ring (bicyclic) bond motifs is 1. The average molecular weight is 494 g/mol. The van der Waals surface area contributed by atoms with Gasteiger partial charge in [0.1, 0.15) is 17.1 Å². The van der Waals surface area contributed by atoms with E-state index in [-0.39, 0.29) is 11.3 Å². The molecule has 35 heavy (non-hydrogen) atoms. The normalized spacial score (nSPS) is 14.9. The van der Waals surface area contributed by atoms with Crippen LogP contribution in [0.2, 0.25) is 5.15 Å². The predicted octanol–water partition coefficient (Wildman–Crippen LogP) is 4.06. The molecular formula is C25H21ClFN5O3. The van der Waals surface area contributed by atoms with Crippen molar-refractivity contribution in [1.82, 2.24) is 25.4 Å². The molecule has 10 heteroatoms. The second-order valence-corrected chi connectivity index (χ2v) is 8.95. The highest BCUT2D eigenvalue weighted by atomic mass is 35.5. The van der Waals surface area contributed by atoms with E-state index < -0.39 is 29.2 Å². The second kappa shape index (κ2) is 8.66. The Labute approximate surface area is 204 Å². The number of hydrogen-bond donors (Lipinski definition) is 3. The minimum absolute atomic E-state index is 0.144. The van der Waals surface area contributed by atoms with Gasteiger partial charge in [-0.15, -0.1) is 0 Å². The smallest absolute Gasteiger partial charge is 0.253 e. The lowest BCUT2D eigenvalue weighted by Gasteiger charge is -2.21. The predicted molar refractivity (Wildman–Crippen MR) is 128 cm³/mol. The lowest BCUT2D eigenvalue weighted by atomic mass is 10.1. The molecule has 178 valence electrons. The highest BCUT2D eigenvalue weighted by Gasteiger charge is 2.51. The van der Waals surface area contributed by atoms with E-state index in [9.17, 15) is 14.7 Å². The van der Waals surface area contributed by atoms with Gasteiger partial charge in [-0.2, -0.15) is 5.10 Å². The largest absolute Gasteiger partial charge is 0.506 e. The molecule has 2 amide bonds. The van der Waals surface area contributed by atoms with Gasteiger partial charge < -0.3 is 15.7 Å². The molecule has 2 aromatic carbocycles. The van der Waals surface area contributed by atoms with Gasteiger partial charge in [0.25, 0.3) is 5.91 Å². The van der Waals surface area contributed by atoms with Gasteiger partial charge in [-0.05, 0) is 50.1 Å².